The number of fused-ring (bicyclic) bond motifs is 1. The normalized spacial score (nSPS) is 12.4. The van der Waals surface area contributed by atoms with Crippen LogP contribution < -0.4 is 14.8 Å². The number of ether oxygens (including phenoxy) is 2. The monoisotopic (exact) mass is 259 g/mol. The number of benzene rings is 1. The number of hydrogen-bond acceptors (Lipinski definition) is 4. The molecule has 5 heteroatoms. The highest BCUT2D eigenvalue weighted by molar-refractivity contribution is 5.91. The first-order chi connectivity index (χ1) is 9.33. The first kappa shape index (κ1) is 11.6. The third-order valence-corrected chi connectivity index (χ3v) is 2.88. The van der Waals surface area contributed by atoms with Crippen molar-refractivity contribution in [2.45, 2.75) is 6.42 Å². The average Bonchev–Trinajstić information content (AvgIpc) is 3.09. The third-order valence-electron chi connectivity index (χ3n) is 2.88. The van der Waals surface area contributed by atoms with Crippen LogP contribution in [0.3, 0.4) is 0 Å². The van der Waals surface area contributed by atoms with Crippen molar-refractivity contribution in [1.82, 2.24) is 5.32 Å². The molecule has 1 amide bonds. The van der Waals surface area contributed by atoms with Gasteiger partial charge in [0.1, 0.15) is 0 Å². The lowest BCUT2D eigenvalue weighted by Crippen LogP contribution is -2.25. The molecule has 0 bridgehead atoms. The average molecular weight is 259 g/mol. The van der Waals surface area contributed by atoms with Crippen LogP contribution in [0.25, 0.3) is 0 Å². The van der Waals surface area contributed by atoms with Gasteiger partial charge in [-0.25, -0.2) is 0 Å². The minimum Gasteiger partial charge on any atom is -0.459 e. The summed E-state index contributed by atoms with van der Waals surface area (Å²) < 4.78 is 15.6. The fourth-order valence-electron chi connectivity index (χ4n) is 1.91. The second-order valence-electron chi connectivity index (χ2n) is 4.17. The Morgan fingerprint density at radius 1 is 1.21 bits per heavy atom. The van der Waals surface area contributed by atoms with Gasteiger partial charge in [0.2, 0.25) is 6.79 Å². The van der Waals surface area contributed by atoms with E-state index in [9.17, 15) is 4.79 Å². The maximum atomic E-state index is 11.6. The Kier molecular flexibility index (Phi) is 3.10. The minimum atomic E-state index is -0.203. The molecule has 1 aliphatic rings. The van der Waals surface area contributed by atoms with Crippen LogP contribution >= 0.6 is 0 Å². The molecule has 2 aromatic rings. The zero-order chi connectivity index (χ0) is 13.1. The molecule has 0 saturated heterocycles. The number of nitrogens with one attached hydrogen (secondary N) is 1. The van der Waals surface area contributed by atoms with Gasteiger partial charge < -0.3 is 19.2 Å². The van der Waals surface area contributed by atoms with E-state index in [0.717, 1.165) is 23.5 Å². The molecule has 0 aliphatic carbocycles. The van der Waals surface area contributed by atoms with Crippen LogP contribution in [0, 0.1) is 0 Å². The Hall–Kier alpha value is -2.43. The van der Waals surface area contributed by atoms with Crippen LogP contribution in [0.4, 0.5) is 0 Å². The molecule has 98 valence electrons. The molecule has 1 aliphatic heterocycles. The molecular weight excluding hydrogens is 246 g/mol. The predicted octanol–water partition coefficient (Wildman–Crippen LogP) is 1.98. The molecule has 2 heterocycles. The Bertz CT molecular complexity index is 577. The predicted molar refractivity (Wildman–Crippen MR) is 67.3 cm³/mol. The van der Waals surface area contributed by atoms with E-state index in [2.05, 4.69) is 5.32 Å². The third kappa shape index (κ3) is 2.54. The van der Waals surface area contributed by atoms with E-state index in [-0.39, 0.29) is 12.7 Å². The second-order valence-corrected chi connectivity index (χ2v) is 4.17. The van der Waals surface area contributed by atoms with Gasteiger partial charge in [0, 0.05) is 6.54 Å². The topological polar surface area (TPSA) is 60.7 Å². The van der Waals surface area contributed by atoms with Crippen LogP contribution in [0.15, 0.2) is 41.0 Å². The molecule has 19 heavy (non-hydrogen) atoms. The SMILES string of the molecule is O=C(NCCc1ccc2c(c1)OCO2)c1ccco1. The van der Waals surface area contributed by atoms with E-state index in [4.69, 9.17) is 13.9 Å². The Balaban J connectivity index is 1.54. The molecule has 5 nitrogen and oxygen atoms in total. The molecular formula is C14H13NO4. The number of rotatable bonds is 4. The molecule has 0 unspecified atom stereocenters. The largest absolute Gasteiger partial charge is 0.459 e. The lowest BCUT2D eigenvalue weighted by atomic mass is 10.1. The number of hydrogen-bond donors (Lipinski definition) is 1. The summed E-state index contributed by atoms with van der Waals surface area (Å²) >= 11 is 0. The van der Waals surface area contributed by atoms with Crippen molar-refractivity contribution in [2.24, 2.45) is 0 Å². The molecule has 0 saturated carbocycles. The zero-order valence-electron chi connectivity index (χ0n) is 10.2. The summed E-state index contributed by atoms with van der Waals surface area (Å²) in [6.45, 7) is 0.813. The smallest absolute Gasteiger partial charge is 0.286 e. The van der Waals surface area contributed by atoms with Crippen LogP contribution in [0.1, 0.15) is 16.1 Å². The molecule has 1 N–H and O–H groups in total. The summed E-state index contributed by atoms with van der Waals surface area (Å²) in [6, 6.07) is 9.10. The fourth-order valence-corrected chi connectivity index (χ4v) is 1.91. The summed E-state index contributed by atoms with van der Waals surface area (Å²) in [5.74, 6) is 1.65. The summed E-state index contributed by atoms with van der Waals surface area (Å²) in [5.41, 5.74) is 1.09. The van der Waals surface area contributed by atoms with Crippen molar-refractivity contribution in [2.75, 3.05) is 13.3 Å². The highest BCUT2D eigenvalue weighted by Crippen LogP contribution is 2.32. The summed E-state index contributed by atoms with van der Waals surface area (Å²) in [6.07, 6.45) is 2.20. The second kappa shape index (κ2) is 5.06. The van der Waals surface area contributed by atoms with Gasteiger partial charge >= 0.3 is 0 Å². The lowest BCUT2D eigenvalue weighted by Gasteiger charge is -2.04. The molecule has 0 fully saturated rings. The summed E-state index contributed by atoms with van der Waals surface area (Å²) in [5, 5.41) is 2.80. The standard InChI is InChI=1S/C14H13NO4/c16-14(12-2-1-7-17-12)15-6-5-10-3-4-11-13(8-10)19-9-18-11/h1-4,7-8H,5-6,9H2,(H,15,16). The molecule has 3 rings (SSSR count). The number of amides is 1. The van der Waals surface area contributed by atoms with Crippen molar-refractivity contribution in [3.05, 3.63) is 47.9 Å². The quantitative estimate of drug-likeness (QED) is 0.912. The maximum Gasteiger partial charge on any atom is 0.286 e. The zero-order valence-corrected chi connectivity index (χ0v) is 10.2. The minimum absolute atomic E-state index is 0.203. The highest BCUT2D eigenvalue weighted by Gasteiger charge is 2.13. The van der Waals surface area contributed by atoms with Gasteiger partial charge in [0.15, 0.2) is 17.3 Å². The first-order valence-electron chi connectivity index (χ1n) is 6.03. The number of carbonyl (C=O) groups is 1. The molecule has 1 aromatic heterocycles. The van der Waals surface area contributed by atoms with E-state index in [1.54, 1.807) is 12.1 Å². The van der Waals surface area contributed by atoms with Gasteiger partial charge in [0.25, 0.3) is 5.91 Å². The van der Waals surface area contributed by atoms with Crippen molar-refractivity contribution in [1.29, 1.82) is 0 Å². The lowest BCUT2D eigenvalue weighted by molar-refractivity contribution is 0.0926. The molecule has 0 spiro atoms. The van der Waals surface area contributed by atoms with Crippen LogP contribution in [-0.2, 0) is 6.42 Å². The van der Waals surface area contributed by atoms with Crippen LogP contribution in [0.5, 0.6) is 11.5 Å². The first-order valence-corrected chi connectivity index (χ1v) is 6.03. The van der Waals surface area contributed by atoms with E-state index in [0.29, 0.717) is 12.3 Å². The maximum absolute atomic E-state index is 11.6. The van der Waals surface area contributed by atoms with Gasteiger partial charge in [-0.1, -0.05) is 6.07 Å². The van der Waals surface area contributed by atoms with Crippen LogP contribution in [0.2, 0.25) is 0 Å². The number of furan rings is 1. The van der Waals surface area contributed by atoms with E-state index in [1.165, 1.54) is 6.26 Å². The van der Waals surface area contributed by atoms with E-state index in [1.807, 2.05) is 18.2 Å². The Morgan fingerprint density at radius 2 is 2.11 bits per heavy atom. The van der Waals surface area contributed by atoms with E-state index < -0.39 is 0 Å². The highest BCUT2D eigenvalue weighted by atomic mass is 16.7. The number of carbonyl (C=O) groups excluding carboxylic acids is 1. The molecule has 0 radical (unpaired) electrons. The molecule has 0 atom stereocenters. The van der Waals surface area contributed by atoms with Gasteiger partial charge in [-0.3, -0.25) is 4.79 Å². The summed E-state index contributed by atoms with van der Waals surface area (Å²) in [7, 11) is 0. The fraction of sp³-hybridized carbons (Fsp3) is 0.214. The van der Waals surface area contributed by atoms with Gasteiger partial charge in [-0.15, -0.1) is 0 Å². The van der Waals surface area contributed by atoms with Crippen molar-refractivity contribution in [3.8, 4) is 11.5 Å². The van der Waals surface area contributed by atoms with Gasteiger partial charge in [0.05, 0.1) is 6.26 Å². The van der Waals surface area contributed by atoms with Crippen LogP contribution in [-0.4, -0.2) is 19.2 Å². The van der Waals surface area contributed by atoms with Crippen molar-refractivity contribution < 1.29 is 18.7 Å². The Morgan fingerprint density at radius 3 is 2.95 bits per heavy atom. The van der Waals surface area contributed by atoms with Gasteiger partial charge in [-0.2, -0.15) is 0 Å². The Labute approximate surface area is 110 Å². The summed E-state index contributed by atoms with van der Waals surface area (Å²) in [4.78, 5) is 11.6. The van der Waals surface area contributed by atoms with Gasteiger partial charge in [-0.05, 0) is 36.2 Å². The van der Waals surface area contributed by atoms with Crippen molar-refractivity contribution in [3.63, 3.8) is 0 Å². The molecule has 1 aromatic carbocycles. The van der Waals surface area contributed by atoms with Crippen molar-refractivity contribution >= 4 is 5.91 Å². The van der Waals surface area contributed by atoms with E-state index >= 15 is 0 Å².